The van der Waals surface area contributed by atoms with Crippen LogP contribution in [0.25, 0.3) is 6.08 Å². The van der Waals surface area contributed by atoms with Crippen LogP contribution in [0.15, 0.2) is 47.3 Å². The highest BCUT2D eigenvalue weighted by molar-refractivity contribution is 5.92. The van der Waals surface area contributed by atoms with Gasteiger partial charge in [0, 0.05) is 36.7 Å². The molecule has 2 unspecified atom stereocenters. The van der Waals surface area contributed by atoms with Gasteiger partial charge in [-0.15, -0.1) is 0 Å². The third-order valence-electron chi connectivity index (χ3n) is 7.85. The zero-order valence-electron chi connectivity index (χ0n) is 20.3. The van der Waals surface area contributed by atoms with Crippen molar-refractivity contribution < 1.29 is 9.21 Å². The number of aryl methyl sites for hydroxylation is 2. The van der Waals surface area contributed by atoms with Gasteiger partial charge in [0.05, 0.1) is 18.6 Å². The lowest BCUT2D eigenvalue weighted by Gasteiger charge is -2.54. The first-order valence-electron chi connectivity index (χ1n) is 12.1. The molecule has 1 aliphatic heterocycles. The summed E-state index contributed by atoms with van der Waals surface area (Å²) in [7, 11) is 1.99. The van der Waals surface area contributed by atoms with Crippen molar-refractivity contribution in [3.63, 3.8) is 0 Å². The topological polar surface area (TPSA) is 36.7 Å². The maximum absolute atomic E-state index is 13.3. The van der Waals surface area contributed by atoms with Crippen LogP contribution in [-0.4, -0.2) is 47.9 Å². The van der Waals surface area contributed by atoms with E-state index in [2.05, 4.69) is 50.8 Å². The van der Waals surface area contributed by atoms with Gasteiger partial charge in [0.15, 0.2) is 0 Å². The van der Waals surface area contributed by atoms with Gasteiger partial charge in [-0.2, -0.15) is 0 Å². The van der Waals surface area contributed by atoms with Gasteiger partial charge >= 0.3 is 0 Å². The standard InChI is InChI=1S/C28H38N2O2/c1-6-22-8-7-20(2)25(17-22)28(4)14-15-30(18-23-9-10-23)21(3)27(28)29(5)26(31)12-11-24-13-16-32-19-24/h7-8,11-13,16-17,19,21,23,27H,6,9-10,14-15,18H2,1-5H3/b12-11+/t21?,27?,28-/m1/s1. The van der Waals surface area contributed by atoms with Crippen LogP contribution in [-0.2, 0) is 16.6 Å². The average molecular weight is 435 g/mol. The number of rotatable bonds is 7. The van der Waals surface area contributed by atoms with Crippen molar-refractivity contribution in [3.8, 4) is 0 Å². The van der Waals surface area contributed by atoms with Crippen LogP contribution in [0.1, 0.15) is 62.3 Å². The molecule has 1 saturated heterocycles. The quantitative estimate of drug-likeness (QED) is 0.544. The van der Waals surface area contributed by atoms with Crippen LogP contribution < -0.4 is 0 Å². The van der Waals surface area contributed by atoms with Gasteiger partial charge in [0.25, 0.3) is 0 Å². The van der Waals surface area contributed by atoms with Gasteiger partial charge in [-0.1, -0.05) is 32.0 Å². The smallest absolute Gasteiger partial charge is 0.246 e. The summed E-state index contributed by atoms with van der Waals surface area (Å²) in [5, 5.41) is 0. The van der Waals surface area contributed by atoms with Gasteiger partial charge < -0.3 is 9.32 Å². The Bertz CT molecular complexity index is 960. The van der Waals surface area contributed by atoms with Crippen molar-refractivity contribution in [1.29, 1.82) is 0 Å². The second kappa shape index (κ2) is 9.27. The maximum atomic E-state index is 13.3. The summed E-state index contributed by atoms with van der Waals surface area (Å²) in [4.78, 5) is 18.0. The summed E-state index contributed by atoms with van der Waals surface area (Å²) in [5.74, 6) is 0.890. The summed E-state index contributed by atoms with van der Waals surface area (Å²) < 4.78 is 5.14. The molecule has 2 aliphatic rings. The normalized spacial score (nSPS) is 26.5. The first-order chi connectivity index (χ1) is 15.3. The number of hydrogen-bond donors (Lipinski definition) is 0. The molecular weight excluding hydrogens is 396 g/mol. The molecule has 1 amide bonds. The zero-order valence-corrected chi connectivity index (χ0v) is 20.3. The number of likely N-dealkylation sites (tertiary alicyclic amines) is 1. The van der Waals surface area contributed by atoms with Gasteiger partial charge in [-0.3, -0.25) is 9.69 Å². The summed E-state index contributed by atoms with van der Waals surface area (Å²) >= 11 is 0. The van der Waals surface area contributed by atoms with Gasteiger partial charge in [0.2, 0.25) is 5.91 Å². The minimum Gasteiger partial charge on any atom is -0.472 e. The lowest BCUT2D eigenvalue weighted by Crippen LogP contribution is -2.64. The van der Waals surface area contributed by atoms with Crippen LogP contribution in [0.3, 0.4) is 0 Å². The monoisotopic (exact) mass is 434 g/mol. The summed E-state index contributed by atoms with van der Waals surface area (Å²) in [6.07, 6.45) is 11.6. The first-order valence-corrected chi connectivity index (χ1v) is 12.1. The number of amides is 1. The maximum Gasteiger partial charge on any atom is 0.246 e. The van der Waals surface area contributed by atoms with E-state index in [0.717, 1.165) is 37.4 Å². The predicted octanol–water partition coefficient (Wildman–Crippen LogP) is 5.45. The molecule has 2 fully saturated rings. The lowest BCUT2D eigenvalue weighted by atomic mass is 9.66. The molecule has 0 bridgehead atoms. The molecular formula is C28H38N2O2. The second-order valence-corrected chi connectivity index (χ2v) is 10.1. The highest BCUT2D eigenvalue weighted by Crippen LogP contribution is 2.43. The molecule has 0 spiro atoms. The number of benzene rings is 1. The fraction of sp³-hybridized carbons (Fsp3) is 0.536. The molecule has 4 heteroatoms. The molecule has 172 valence electrons. The molecule has 0 N–H and O–H groups in total. The Balaban J connectivity index is 1.68. The second-order valence-electron chi connectivity index (χ2n) is 10.1. The molecule has 1 aliphatic carbocycles. The van der Waals surface area contributed by atoms with E-state index in [1.165, 1.54) is 29.5 Å². The van der Waals surface area contributed by atoms with Crippen LogP contribution in [0, 0.1) is 12.8 Å². The number of nitrogens with zero attached hydrogens (tertiary/aromatic N) is 2. The highest BCUT2D eigenvalue weighted by Gasteiger charge is 2.49. The lowest BCUT2D eigenvalue weighted by molar-refractivity contribution is -0.131. The third-order valence-corrected chi connectivity index (χ3v) is 7.85. The Morgan fingerprint density at radius 2 is 2.09 bits per heavy atom. The Kier molecular flexibility index (Phi) is 6.62. The van der Waals surface area contributed by atoms with Crippen molar-refractivity contribution in [2.45, 2.75) is 70.9 Å². The zero-order chi connectivity index (χ0) is 22.9. The van der Waals surface area contributed by atoms with Crippen molar-refractivity contribution >= 4 is 12.0 Å². The fourth-order valence-electron chi connectivity index (χ4n) is 5.69. The summed E-state index contributed by atoms with van der Waals surface area (Å²) in [6.45, 7) is 11.4. The summed E-state index contributed by atoms with van der Waals surface area (Å²) in [6, 6.07) is 9.17. The van der Waals surface area contributed by atoms with Crippen LogP contribution in [0.2, 0.25) is 0 Å². The van der Waals surface area contributed by atoms with Crippen LogP contribution in [0.5, 0.6) is 0 Å². The Morgan fingerprint density at radius 3 is 2.75 bits per heavy atom. The van der Waals surface area contributed by atoms with Gasteiger partial charge in [-0.05, 0) is 80.8 Å². The largest absolute Gasteiger partial charge is 0.472 e. The molecule has 1 aromatic heterocycles. The average Bonchev–Trinajstić information content (AvgIpc) is 3.45. The van der Waals surface area contributed by atoms with E-state index in [4.69, 9.17) is 4.42 Å². The van der Waals surface area contributed by atoms with Crippen molar-refractivity contribution in [1.82, 2.24) is 9.80 Å². The van der Waals surface area contributed by atoms with E-state index in [1.807, 2.05) is 24.1 Å². The van der Waals surface area contributed by atoms with Crippen molar-refractivity contribution in [2.75, 3.05) is 20.1 Å². The molecule has 4 rings (SSSR count). The van der Waals surface area contributed by atoms with E-state index in [9.17, 15) is 4.79 Å². The van der Waals surface area contributed by atoms with Crippen molar-refractivity contribution in [3.05, 3.63) is 65.1 Å². The Hall–Kier alpha value is -2.33. The number of hydrogen-bond acceptors (Lipinski definition) is 3. The van der Waals surface area contributed by atoms with Crippen LogP contribution in [0.4, 0.5) is 0 Å². The number of carbonyl (C=O) groups is 1. The Morgan fingerprint density at radius 1 is 1.31 bits per heavy atom. The molecule has 32 heavy (non-hydrogen) atoms. The molecule has 4 nitrogen and oxygen atoms in total. The van der Waals surface area contributed by atoms with E-state index in [-0.39, 0.29) is 17.4 Å². The highest BCUT2D eigenvalue weighted by atomic mass is 16.3. The minimum atomic E-state index is -0.0946. The van der Waals surface area contributed by atoms with Gasteiger partial charge in [0.1, 0.15) is 0 Å². The van der Waals surface area contributed by atoms with E-state index in [1.54, 1.807) is 18.6 Å². The van der Waals surface area contributed by atoms with Crippen molar-refractivity contribution in [2.24, 2.45) is 5.92 Å². The molecule has 2 heterocycles. The third kappa shape index (κ3) is 4.56. The number of piperidine rings is 1. The first kappa shape index (κ1) is 22.8. The molecule has 2 aromatic rings. The molecule has 3 atom stereocenters. The van der Waals surface area contributed by atoms with E-state index in [0.29, 0.717) is 6.04 Å². The fourth-order valence-corrected chi connectivity index (χ4v) is 5.69. The van der Waals surface area contributed by atoms with Crippen LogP contribution >= 0.6 is 0 Å². The SMILES string of the molecule is CCc1ccc(C)c([C@@]2(C)CCN(CC3CC3)C(C)C2N(C)C(=O)/C=C/c2ccoc2)c1. The number of furan rings is 1. The minimum absolute atomic E-state index is 0.0480. The molecule has 0 radical (unpaired) electrons. The molecule has 1 saturated carbocycles. The number of carbonyl (C=O) groups excluding carboxylic acids is 1. The Labute approximate surface area is 193 Å². The molecule has 1 aromatic carbocycles. The number of likely N-dealkylation sites (N-methyl/N-ethyl adjacent to an activating group) is 1. The summed E-state index contributed by atoms with van der Waals surface area (Å²) in [5.41, 5.74) is 4.91. The van der Waals surface area contributed by atoms with Gasteiger partial charge in [-0.25, -0.2) is 0 Å². The van der Waals surface area contributed by atoms with E-state index >= 15 is 0 Å². The van der Waals surface area contributed by atoms with E-state index < -0.39 is 0 Å². The predicted molar refractivity (Wildman–Crippen MR) is 131 cm³/mol.